The van der Waals surface area contributed by atoms with Crippen LogP contribution < -0.4 is 5.32 Å². The second-order valence-electron chi connectivity index (χ2n) is 5.63. The highest BCUT2D eigenvalue weighted by atomic mass is 16.2. The Kier molecular flexibility index (Phi) is 3.56. The highest BCUT2D eigenvalue weighted by molar-refractivity contribution is 6.01. The molecule has 2 aromatic heterocycles. The first-order valence-electron chi connectivity index (χ1n) is 7.37. The summed E-state index contributed by atoms with van der Waals surface area (Å²) in [5, 5.41) is 7.21. The Balaban J connectivity index is 2.03. The summed E-state index contributed by atoms with van der Waals surface area (Å²) in [5.74, 6) is -0.127. The van der Waals surface area contributed by atoms with Crippen LogP contribution in [-0.2, 0) is 4.79 Å². The molecule has 0 atom stereocenters. The molecule has 0 aromatic carbocycles. The molecule has 0 spiro atoms. The number of rotatable bonds is 1. The zero-order valence-electron chi connectivity index (χ0n) is 13.0. The predicted molar refractivity (Wildman–Crippen MR) is 80.7 cm³/mol. The Morgan fingerprint density at radius 3 is 2.82 bits per heavy atom. The van der Waals surface area contributed by atoms with E-state index in [4.69, 9.17) is 0 Å². The quantitative estimate of drug-likeness (QED) is 0.837. The summed E-state index contributed by atoms with van der Waals surface area (Å²) in [6.45, 7) is 7.07. The summed E-state index contributed by atoms with van der Waals surface area (Å²) in [6.07, 6.45) is 0.329. The number of amides is 2. The Morgan fingerprint density at radius 2 is 2.05 bits per heavy atom. The fraction of sp³-hybridized carbons (Fsp3) is 0.467. The van der Waals surface area contributed by atoms with E-state index < -0.39 is 0 Å². The number of hydrogen-bond donors (Lipinski definition) is 1. The molecule has 3 heterocycles. The third-order valence-corrected chi connectivity index (χ3v) is 3.88. The molecule has 22 heavy (non-hydrogen) atoms. The van der Waals surface area contributed by atoms with Crippen LogP contribution in [0.1, 0.15) is 33.9 Å². The number of carbonyl (C=O) groups excluding carboxylic acids is 2. The van der Waals surface area contributed by atoms with E-state index in [-0.39, 0.29) is 11.8 Å². The molecule has 2 amide bonds. The third kappa shape index (κ3) is 2.43. The molecule has 116 valence electrons. The van der Waals surface area contributed by atoms with Crippen molar-refractivity contribution < 1.29 is 9.59 Å². The maximum absolute atomic E-state index is 12.9. The maximum atomic E-state index is 12.9. The fourth-order valence-corrected chi connectivity index (χ4v) is 2.81. The van der Waals surface area contributed by atoms with Gasteiger partial charge in [-0.2, -0.15) is 5.10 Å². The molecule has 7 heteroatoms. The van der Waals surface area contributed by atoms with Crippen LogP contribution in [0.5, 0.6) is 0 Å². The lowest BCUT2D eigenvalue weighted by Crippen LogP contribution is -2.34. The van der Waals surface area contributed by atoms with Crippen molar-refractivity contribution >= 4 is 17.5 Å². The molecular formula is C15H19N5O2. The molecule has 1 aliphatic heterocycles. The van der Waals surface area contributed by atoms with Gasteiger partial charge in [-0.25, -0.2) is 9.50 Å². The van der Waals surface area contributed by atoms with Gasteiger partial charge in [-0.15, -0.1) is 0 Å². The second kappa shape index (κ2) is 5.40. The molecule has 1 fully saturated rings. The molecule has 0 aliphatic carbocycles. The molecule has 0 radical (unpaired) electrons. The van der Waals surface area contributed by atoms with Crippen LogP contribution in [-0.4, -0.2) is 50.9 Å². The second-order valence-corrected chi connectivity index (χ2v) is 5.63. The highest BCUT2D eigenvalue weighted by Gasteiger charge is 2.26. The van der Waals surface area contributed by atoms with Crippen molar-refractivity contribution in [3.63, 3.8) is 0 Å². The summed E-state index contributed by atoms with van der Waals surface area (Å²) in [7, 11) is 0. The molecule has 0 saturated carbocycles. The minimum absolute atomic E-state index is 0.0169. The summed E-state index contributed by atoms with van der Waals surface area (Å²) in [6, 6.07) is 1.93. The Labute approximate surface area is 128 Å². The van der Waals surface area contributed by atoms with E-state index in [2.05, 4.69) is 15.4 Å². The van der Waals surface area contributed by atoms with Crippen LogP contribution in [0.2, 0.25) is 0 Å². The standard InChI is InChI=1S/C15H19N5O2/c1-9-8-10(2)20-14(17-9)13(11(3)18-20)15(22)19-6-4-12(21)16-5-7-19/h8H,4-7H2,1-3H3,(H,16,21). The van der Waals surface area contributed by atoms with Crippen LogP contribution in [0.15, 0.2) is 6.07 Å². The van der Waals surface area contributed by atoms with Gasteiger partial charge >= 0.3 is 0 Å². The van der Waals surface area contributed by atoms with Gasteiger partial charge in [-0.05, 0) is 26.8 Å². The van der Waals surface area contributed by atoms with Crippen LogP contribution in [0, 0.1) is 20.8 Å². The highest BCUT2D eigenvalue weighted by Crippen LogP contribution is 2.18. The van der Waals surface area contributed by atoms with Crippen molar-refractivity contribution in [1.82, 2.24) is 24.8 Å². The van der Waals surface area contributed by atoms with Crippen molar-refractivity contribution in [3.8, 4) is 0 Å². The third-order valence-electron chi connectivity index (χ3n) is 3.88. The van der Waals surface area contributed by atoms with Crippen LogP contribution >= 0.6 is 0 Å². The molecule has 7 nitrogen and oxygen atoms in total. The number of carbonyl (C=O) groups is 2. The van der Waals surface area contributed by atoms with Crippen LogP contribution in [0.25, 0.3) is 5.65 Å². The van der Waals surface area contributed by atoms with E-state index >= 15 is 0 Å². The zero-order chi connectivity index (χ0) is 15.9. The van der Waals surface area contributed by atoms with E-state index in [9.17, 15) is 9.59 Å². The molecule has 1 aliphatic rings. The SMILES string of the molecule is Cc1cc(C)n2nc(C)c(C(=O)N3CCNC(=O)CC3)c2n1. The summed E-state index contributed by atoms with van der Waals surface area (Å²) in [4.78, 5) is 30.5. The first-order valence-corrected chi connectivity index (χ1v) is 7.37. The van der Waals surface area contributed by atoms with E-state index in [1.165, 1.54) is 0 Å². The van der Waals surface area contributed by atoms with Gasteiger partial charge in [-0.1, -0.05) is 0 Å². The zero-order valence-corrected chi connectivity index (χ0v) is 13.0. The predicted octanol–water partition coefficient (Wildman–Crippen LogP) is 0.617. The molecular weight excluding hydrogens is 282 g/mol. The van der Waals surface area contributed by atoms with Crippen LogP contribution in [0.3, 0.4) is 0 Å². The number of aromatic nitrogens is 3. The lowest BCUT2D eigenvalue weighted by molar-refractivity contribution is -0.120. The monoisotopic (exact) mass is 301 g/mol. The van der Waals surface area contributed by atoms with Crippen molar-refractivity contribution in [2.24, 2.45) is 0 Å². The number of nitrogens with one attached hydrogen (secondary N) is 1. The lowest BCUT2D eigenvalue weighted by Gasteiger charge is -2.19. The van der Waals surface area contributed by atoms with Gasteiger partial charge in [-0.3, -0.25) is 9.59 Å². The number of hydrogen-bond acceptors (Lipinski definition) is 4. The van der Waals surface area contributed by atoms with Crippen LogP contribution in [0.4, 0.5) is 0 Å². The van der Waals surface area contributed by atoms with Gasteiger partial charge in [0, 0.05) is 37.4 Å². The summed E-state index contributed by atoms with van der Waals surface area (Å²) >= 11 is 0. The molecule has 0 bridgehead atoms. The molecule has 2 aromatic rings. The molecule has 0 unspecified atom stereocenters. The Hall–Kier alpha value is -2.44. The Morgan fingerprint density at radius 1 is 1.27 bits per heavy atom. The van der Waals surface area contributed by atoms with Gasteiger partial charge < -0.3 is 10.2 Å². The average molecular weight is 301 g/mol. The minimum Gasteiger partial charge on any atom is -0.354 e. The largest absolute Gasteiger partial charge is 0.354 e. The van der Waals surface area contributed by atoms with E-state index in [1.807, 2.05) is 26.8 Å². The smallest absolute Gasteiger partial charge is 0.259 e. The van der Waals surface area contributed by atoms with E-state index in [0.29, 0.717) is 43.0 Å². The number of fused-ring (bicyclic) bond motifs is 1. The van der Waals surface area contributed by atoms with Crippen molar-refractivity contribution in [2.75, 3.05) is 19.6 Å². The number of nitrogens with zero attached hydrogens (tertiary/aromatic N) is 4. The van der Waals surface area contributed by atoms with Crippen molar-refractivity contribution in [2.45, 2.75) is 27.2 Å². The van der Waals surface area contributed by atoms with E-state index in [1.54, 1.807) is 9.42 Å². The maximum Gasteiger partial charge on any atom is 0.259 e. The van der Waals surface area contributed by atoms with Gasteiger partial charge in [0.2, 0.25) is 5.91 Å². The van der Waals surface area contributed by atoms with Gasteiger partial charge in [0.05, 0.1) is 5.69 Å². The normalized spacial score (nSPS) is 15.8. The summed E-state index contributed by atoms with van der Waals surface area (Å²) < 4.78 is 1.71. The minimum atomic E-state index is -0.110. The average Bonchev–Trinajstić information content (AvgIpc) is 2.64. The van der Waals surface area contributed by atoms with Crippen molar-refractivity contribution in [3.05, 3.63) is 28.7 Å². The molecule has 1 saturated heterocycles. The topological polar surface area (TPSA) is 79.6 Å². The first kappa shape index (κ1) is 14.5. The van der Waals surface area contributed by atoms with Crippen molar-refractivity contribution in [1.29, 1.82) is 0 Å². The van der Waals surface area contributed by atoms with Gasteiger partial charge in [0.15, 0.2) is 5.65 Å². The molecule has 3 rings (SSSR count). The Bertz CT molecular complexity index is 765. The van der Waals surface area contributed by atoms with E-state index in [0.717, 1.165) is 11.4 Å². The fourth-order valence-electron chi connectivity index (χ4n) is 2.81. The number of aryl methyl sites for hydroxylation is 3. The van der Waals surface area contributed by atoms with Gasteiger partial charge in [0.1, 0.15) is 5.56 Å². The van der Waals surface area contributed by atoms with Gasteiger partial charge in [0.25, 0.3) is 5.91 Å². The molecule has 1 N–H and O–H groups in total. The summed E-state index contributed by atoms with van der Waals surface area (Å²) in [5.41, 5.74) is 3.57. The first-order chi connectivity index (χ1) is 10.5. The lowest BCUT2D eigenvalue weighted by atomic mass is 10.2.